The second kappa shape index (κ2) is 4.26. The van der Waals surface area contributed by atoms with Crippen LogP contribution in [0, 0.1) is 11.8 Å². The number of piperidine rings is 1. The number of allylic oxidation sites excluding steroid dienone is 1. The number of hydrogen-bond acceptors (Lipinski definition) is 2. The Balaban J connectivity index is 1.85. The molecule has 2 aliphatic heterocycles. The standard InChI is InChI=1S/C15H22ClNO/c1-10-7-11-8-12(18)4-6-17(11)14-3-5-15(2,16)9-13(10)14/h4,6,10-11,13-14H,3,5,7-9H2,1-2H3. The van der Waals surface area contributed by atoms with Gasteiger partial charge in [0.1, 0.15) is 0 Å². The van der Waals surface area contributed by atoms with E-state index in [9.17, 15) is 4.79 Å². The first-order chi connectivity index (χ1) is 8.46. The lowest BCUT2D eigenvalue weighted by Gasteiger charge is -2.54. The summed E-state index contributed by atoms with van der Waals surface area (Å²) < 4.78 is 0. The zero-order chi connectivity index (χ0) is 12.9. The van der Waals surface area contributed by atoms with E-state index in [4.69, 9.17) is 11.6 Å². The highest BCUT2D eigenvalue weighted by Gasteiger charge is 2.46. The summed E-state index contributed by atoms with van der Waals surface area (Å²) in [6, 6.07) is 1.05. The number of hydrogen-bond donors (Lipinski definition) is 0. The molecule has 0 aromatic carbocycles. The van der Waals surface area contributed by atoms with Gasteiger partial charge in [-0.1, -0.05) is 6.92 Å². The molecule has 0 radical (unpaired) electrons. The zero-order valence-electron chi connectivity index (χ0n) is 11.2. The third kappa shape index (κ3) is 2.09. The molecule has 0 aromatic heterocycles. The van der Waals surface area contributed by atoms with Gasteiger partial charge in [-0.05, 0) is 50.5 Å². The molecule has 0 bridgehead atoms. The van der Waals surface area contributed by atoms with Gasteiger partial charge in [0, 0.05) is 29.6 Å². The molecular formula is C15H22ClNO. The highest BCUT2D eigenvalue weighted by Crippen LogP contribution is 2.47. The monoisotopic (exact) mass is 267 g/mol. The van der Waals surface area contributed by atoms with Gasteiger partial charge in [-0.15, -0.1) is 11.6 Å². The number of alkyl halides is 1. The predicted octanol–water partition coefficient (Wildman–Crippen LogP) is 3.35. The molecule has 0 spiro atoms. The molecule has 1 saturated heterocycles. The average molecular weight is 268 g/mol. The SMILES string of the molecule is CC1CC2CC(=O)C=CN2C2CCC(C)(Cl)CC12. The van der Waals surface area contributed by atoms with Crippen molar-refractivity contribution in [2.75, 3.05) is 0 Å². The van der Waals surface area contributed by atoms with Crippen LogP contribution in [0.2, 0.25) is 0 Å². The van der Waals surface area contributed by atoms with Gasteiger partial charge in [0.2, 0.25) is 0 Å². The lowest BCUT2D eigenvalue weighted by Crippen LogP contribution is -2.56. The van der Waals surface area contributed by atoms with Crippen molar-refractivity contribution < 1.29 is 4.79 Å². The van der Waals surface area contributed by atoms with Crippen LogP contribution in [-0.2, 0) is 4.79 Å². The maximum absolute atomic E-state index is 11.6. The maximum atomic E-state index is 11.6. The Morgan fingerprint density at radius 3 is 3.06 bits per heavy atom. The van der Waals surface area contributed by atoms with Gasteiger partial charge in [0.15, 0.2) is 5.78 Å². The number of halogens is 1. The van der Waals surface area contributed by atoms with Gasteiger partial charge in [0.25, 0.3) is 0 Å². The lowest BCUT2D eigenvalue weighted by molar-refractivity contribution is -0.118. The third-order valence-corrected chi connectivity index (χ3v) is 5.51. The maximum Gasteiger partial charge on any atom is 0.159 e. The van der Waals surface area contributed by atoms with Crippen LogP contribution in [-0.4, -0.2) is 27.6 Å². The van der Waals surface area contributed by atoms with Crippen LogP contribution < -0.4 is 0 Å². The smallest absolute Gasteiger partial charge is 0.159 e. The molecule has 5 atom stereocenters. The summed E-state index contributed by atoms with van der Waals surface area (Å²) in [6.07, 6.45) is 9.05. The molecular weight excluding hydrogens is 246 g/mol. The number of ketones is 1. The Morgan fingerprint density at radius 2 is 2.28 bits per heavy atom. The summed E-state index contributed by atoms with van der Waals surface area (Å²) in [5.41, 5.74) is 0. The van der Waals surface area contributed by atoms with Crippen LogP contribution in [0.3, 0.4) is 0 Å². The molecule has 2 fully saturated rings. The van der Waals surface area contributed by atoms with E-state index in [0.717, 1.165) is 19.3 Å². The quantitative estimate of drug-likeness (QED) is 0.628. The van der Waals surface area contributed by atoms with E-state index in [1.165, 1.54) is 6.42 Å². The van der Waals surface area contributed by atoms with Crippen molar-refractivity contribution in [2.24, 2.45) is 11.8 Å². The van der Waals surface area contributed by atoms with Crippen molar-refractivity contribution in [2.45, 2.75) is 62.9 Å². The van der Waals surface area contributed by atoms with Crippen LogP contribution >= 0.6 is 11.6 Å². The van der Waals surface area contributed by atoms with E-state index in [2.05, 4.69) is 24.9 Å². The first-order valence-electron chi connectivity index (χ1n) is 7.14. The summed E-state index contributed by atoms with van der Waals surface area (Å²) in [5, 5.41) is 0. The highest BCUT2D eigenvalue weighted by molar-refractivity contribution is 6.23. The fourth-order valence-electron chi connectivity index (χ4n) is 4.23. The number of carbonyl (C=O) groups is 1. The van der Waals surface area contributed by atoms with Crippen molar-refractivity contribution in [1.29, 1.82) is 0 Å². The Labute approximate surface area is 114 Å². The molecule has 0 N–H and O–H groups in total. The zero-order valence-corrected chi connectivity index (χ0v) is 12.0. The number of fused-ring (bicyclic) bond motifs is 3. The first-order valence-corrected chi connectivity index (χ1v) is 7.51. The van der Waals surface area contributed by atoms with Crippen molar-refractivity contribution in [1.82, 2.24) is 4.90 Å². The molecule has 5 unspecified atom stereocenters. The summed E-state index contributed by atoms with van der Waals surface area (Å²) in [5.74, 6) is 1.67. The lowest BCUT2D eigenvalue weighted by atomic mass is 9.67. The molecule has 3 aliphatic rings. The van der Waals surface area contributed by atoms with Crippen molar-refractivity contribution in [3.8, 4) is 0 Å². The van der Waals surface area contributed by atoms with Crippen LogP contribution in [0.4, 0.5) is 0 Å². The van der Waals surface area contributed by atoms with Crippen LogP contribution in [0.1, 0.15) is 46.0 Å². The van der Waals surface area contributed by atoms with Gasteiger partial charge in [-0.25, -0.2) is 0 Å². The topological polar surface area (TPSA) is 20.3 Å². The number of nitrogens with zero attached hydrogens (tertiary/aromatic N) is 1. The summed E-state index contributed by atoms with van der Waals surface area (Å²) >= 11 is 6.56. The van der Waals surface area contributed by atoms with Crippen LogP contribution in [0.5, 0.6) is 0 Å². The minimum atomic E-state index is -0.0163. The van der Waals surface area contributed by atoms with E-state index < -0.39 is 0 Å². The molecule has 2 nitrogen and oxygen atoms in total. The normalized spacial score (nSPS) is 47.7. The summed E-state index contributed by atoms with van der Waals surface area (Å²) in [7, 11) is 0. The fourth-order valence-corrected chi connectivity index (χ4v) is 4.52. The molecule has 3 heteroatoms. The molecule has 100 valence electrons. The Kier molecular flexibility index (Phi) is 2.97. The molecule has 1 saturated carbocycles. The number of carbonyl (C=O) groups excluding carboxylic acids is 1. The first kappa shape index (κ1) is 12.5. The van der Waals surface area contributed by atoms with E-state index in [-0.39, 0.29) is 4.87 Å². The van der Waals surface area contributed by atoms with Crippen LogP contribution in [0.15, 0.2) is 12.3 Å². The summed E-state index contributed by atoms with van der Waals surface area (Å²) in [6.45, 7) is 4.52. The second-order valence-corrected chi connectivity index (χ2v) is 7.60. The predicted molar refractivity (Wildman–Crippen MR) is 73.6 cm³/mol. The molecule has 0 aromatic rings. The van der Waals surface area contributed by atoms with E-state index in [1.807, 2.05) is 0 Å². The molecule has 2 heterocycles. The largest absolute Gasteiger partial charge is 0.371 e. The van der Waals surface area contributed by atoms with Gasteiger partial charge in [-0.3, -0.25) is 4.79 Å². The van der Waals surface area contributed by atoms with Crippen molar-refractivity contribution >= 4 is 17.4 Å². The Hall–Kier alpha value is -0.500. The minimum absolute atomic E-state index is 0.0163. The Morgan fingerprint density at radius 1 is 1.50 bits per heavy atom. The number of rotatable bonds is 0. The second-order valence-electron chi connectivity index (χ2n) is 6.69. The fraction of sp³-hybridized carbons (Fsp3) is 0.800. The van der Waals surface area contributed by atoms with E-state index in [0.29, 0.717) is 36.1 Å². The Bertz CT molecular complexity index is 390. The molecule has 1 aliphatic carbocycles. The van der Waals surface area contributed by atoms with Gasteiger partial charge in [0.05, 0.1) is 0 Å². The molecule has 18 heavy (non-hydrogen) atoms. The van der Waals surface area contributed by atoms with Gasteiger partial charge >= 0.3 is 0 Å². The van der Waals surface area contributed by atoms with Gasteiger partial charge in [-0.2, -0.15) is 0 Å². The van der Waals surface area contributed by atoms with Crippen molar-refractivity contribution in [3.63, 3.8) is 0 Å². The summed E-state index contributed by atoms with van der Waals surface area (Å²) in [4.78, 5) is 14.0. The van der Waals surface area contributed by atoms with Gasteiger partial charge < -0.3 is 4.90 Å². The van der Waals surface area contributed by atoms with E-state index in [1.54, 1.807) is 6.08 Å². The third-order valence-electron chi connectivity index (χ3n) is 5.17. The van der Waals surface area contributed by atoms with E-state index >= 15 is 0 Å². The molecule has 0 amide bonds. The van der Waals surface area contributed by atoms with Crippen molar-refractivity contribution in [3.05, 3.63) is 12.3 Å². The molecule has 3 rings (SSSR count). The minimum Gasteiger partial charge on any atom is -0.371 e. The average Bonchev–Trinajstić information content (AvgIpc) is 2.28. The van der Waals surface area contributed by atoms with Crippen LogP contribution in [0.25, 0.3) is 0 Å². The highest BCUT2D eigenvalue weighted by atomic mass is 35.5.